The molecule has 1 aromatic carbocycles. The number of nitrogens with zero attached hydrogens (tertiary/aromatic N) is 1. The van der Waals surface area contributed by atoms with E-state index in [1.807, 2.05) is 0 Å². The van der Waals surface area contributed by atoms with Gasteiger partial charge in [-0.25, -0.2) is 0 Å². The Morgan fingerprint density at radius 3 is 2.68 bits per heavy atom. The Hall–Kier alpha value is -0.860. The van der Waals surface area contributed by atoms with Gasteiger partial charge >= 0.3 is 0 Å². The third-order valence-corrected chi connectivity index (χ3v) is 4.88. The Morgan fingerprint density at radius 2 is 2.00 bits per heavy atom. The van der Waals surface area contributed by atoms with Gasteiger partial charge in [-0.15, -0.1) is 0 Å². The topological polar surface area (TPSA) is 15.3 Å². The van der Waals surface area contributed by atoms with Crippen molar-refractivity contribution in [2.45, 2.75) is 32.7 Å². The maximum Gasteiger partial charge on any atom is 0.0449 e. The highest BCUT2D eigenvalue weighted by molar-refractivity contribution is 5.19. The first-order valence-electron chi connectivity index (χ1n) is 7.66. The van der Waals surface area contributed by atoms with Crippen LogP contribution in [0, 0.1) is 11.3 Å². The SMILES string of the molecule is CC1(C)CC1CN1CCCNC(c2ccccc2)C1. The maximum absolute atomic E-state index is 3.70. The molecule has 2 aliphatic rings. The Morgan fingerprint density at radius 1 is 1.26 bits per heavy atom. The van der Waals surface area contributed by atoms with E-state index in [0.29, 0.717) is 11.5 Å². The molecule has 2 nitrogen and oxygen atoms in total. The molecule has 0 radical (unpaired) electrons. The molecule has 19 heavy (non-hydrogen) atoms. The van der Waals surface area contributed by atoms with Crippen molar-refractivity contribution in [2.24, 2.45) is 11.3 Å². The highest BCUT2D eigenvalue weighted by Crippen LogP contribution is 2.51. The third-order valence-electron chi connectivity index (χ3n) is 4.88. The van der Waals surface area contributed by atoms with Crippen molar-refractivity contribution in [1.82, 2.24) is 10.2 Å². The van der Waals surface area contributed by atoms with Crippen LogP contribution in [0.5, 0.6) is 0 Å². The van der Waals surface area contributed by atoms with Crippen LogP contribution in [0.4, 0.5) is 0 Å². The predicted molar refractivity (Wildman–Crippen MR) is 80.1 cm³/mol. The second kappa shape index (κ2) is 5.26. The van der Waals surface area contributed by atoms with Crippen molar-refractivity contribution in [2.75, 3.05) is 26.2 Å². The van der Waals surface area contributed by atoms with Crippen molar-refractivity contribution in [3.63, 3.8) is 0 Å². The third kappa shape index (κ3) is 3.18. The fraction of sp³-hybridized carbons (Fsp3) is 0.647. The minimum atomic E-state index is 0.505. The van der Waals surface area contributed by atoms with Crippen LogP contribution in [0.25, 0.3) is 0 Å². The fourth-order valence-corrected chi connectivity index (χ4v) is 3.27. The molecule has 1 aromatic rings. The quantitative estimate of drug-likeness (QED) is 0.896. The minimum absolute atomic E-state index is 0.505. The van der Waals surface area contributed by atoms with E-state index in [9.17, 15) is 0 Å². The summed E-state index contributed by atoms with van der Waals surface area (Å²) in [4.78, 5) is 2.68. The summed E-state index contributed by atoms with van der Waals surface area (Å²) in [6.07, 6.45) is 2.68. The molecule has 104 valence electrons. The van der Waals surface area contributed by atoms with Crippen molar-refractivity contribution in [3.05, 3.63) is 35.9 Å². The molecular weight excluding hydrogens is 232 g/mol. The fourth-order valence-electron chi connectivity index (χ4n) is 3.27. The van der Waals surface area contributed by atoms with Crippen molar-refractivity contribution in [1.29, 1.82) is 0 Å². The van der Waals surface area contributed by atoms with Gasteiger partial charge in [0.2, 0.25) is 0 Å². The van der Waals surface area contributed by atoms with Crippen LogP contribution in [0.2, 0.25) is 0 Å². The molecule has 2 fully saturated rings. The van der Waals surface area contributed by atoms with Gasteiger partial charge in [0.05, 0.1) is 0 Å². The molecule has 0 bridgehead atoms. The number of benzene rings is 1. The molecule has 0 spiro atoms. The lowest BCUT2D eigenvalue weighted by Crippen LogP contribution is -2.33. The summed E-state index contributed by atoms with van der Waals surface area (Å²) in [5.74, 6) is 0.919. The van der Waals surface area contributed by atoms with Crippen LogP contribution in [-0.4, -0.2) is 31.1 Å². The highest BCUT2D eigenvalue weighted by Gasteiger charge is 2.46. The Balaban J connectivity index is 1.63. The molecule has 0 aromatic heterocycles. The molecule has 2 unspecified atom stereocenters. The molecule has 1 aliphatic carbocycles. The standard InChI is InChI=1S/C17H26N2/c1-17(2)11-15(17)12-19-10-6-9-18-16(13-19)14-7-4-3-5-8-14/h3-5,7-8,15-16,18H,6,9-13H2,1-2H3. The van der Waals surface area contributed by atoms with Gasteiger partial charge in [-0.1, -0.05) is 44.2 Å². The predicted octanol–water partition coefficient (Wildman–Crippen LogP) is 3.07. The number of rotatable bonds is 3. The van der Waals surface area contributed by atoms with Crippen molar-refractivity contribution >= 4 is 0 Å². The van der Waals surface area contributed by atoms with Crippen LogP contribution in [-0.2, 0) is 0 Å². The van der Waals surface area contributed by atoms with E-state index in [1.54, 1.807) is 0 Å². The molecule has 0 amide bonds. The molecular formula is C17H26N2. The van der Waals surface area contributed by atoms with Crippen LogP contribution >= 0.6 is 0 Å². The number of nitrogens with one attached hydrogen (secondary N) is 1. The Labute approximate surface area is 117 Å². The van der Waals surface area contributed by atoms with Gasteiger partial charge in [-0.05, 0) is 42.8 Å². The Kier molecular flexibility index (Phi) is 3.64. The summed E-state index contributed by atoms with van der Waals surface area (Å²) < 4.78 is 0. The van der Waals surface area contributed by atoms with Gasteiger partial charge in [0, 0.05) is 19.1 Å². The summed E-state index contributed by atoms with van der Waals surface area (Å²) in [7, 11) is 0. The zero-order valence-corrected chi connectivity index (χ0v) is 12.2. The van der Waals surface area contributed by atoms with Gasteiger partial charge in [0.1, 0.15) is 0 Å². The minimum Gasteiger partial charge on any atom is -0.309 e. The average Bonchev–Trinajstić information content (AvgIpc) is 3.07. The van der Waals surface area contributed by atoms with Gasteiger partial charge < -0.3 is 10.2 Å². The summed E-state index contributed by atoms with van der Waals surface area (Å²) in [5.41, 5.74) is 2.03. The van der Waals surface area contributed by atoms with Crippen LogP contribution in [0.15, 0.2) is 30.3 Å². The van der Waals surface area contributed by atoms with Gasteiger partial charge in [-0.3, -0.25) is 0 Å². The molecule has 1 saturated carbocycles. The Bertz CT molecular complexity index is 413. The van der Waals surface area contributed by atoms with E-state index in [4.69, 9.17) is 0 Å². The summed E-state index contributed by atoms with van der Waals surface area (Å²) >= 11 is 0. The van der Waals surface area contributed by atoms with Crippen LogP contribution in [0.3, 0.4) is 0 Å². The van der Waals surface area contributed by atoms with Gasteiger partial charge in [0.25, 0.3) is 0 Å². The first kappa shape index (κ1) is 13.1. The zero-order valence-electron chi connectivity index (χ0n) is 12.2. The zero-order chi connectivity index (χ0) is 13.3. The largest absolute Gasteiger partial charge is 0.309 e. The van der Waals surface area contributed by atoms with Crippen LogP contribution in [0.1, 0.15) is 38.3 Å². The van der Waals surface area contributed by atoms with E-state index >= 15 is 0 Å². The highest BCUT2D eigenvalue weighted by atomic mass is 15.2. The lowest BCUT2D eigenvalue weighted by atomic mass is 10.1. The second-order valence-corrected chi connectivity index (χ2v) is 6.92. The van der Waals surface area contributed by atoms with E-state index < -0.39 is 0 Å². The molecule has 1 N–H and O–H groups in total. The second-order valence-electron chi connectivity index (χ2n) is 6.92. The average molecular weight is 258 g/mol. The first-order chi connectivity index (χ1) is 9.15. The summed E-state index contributed by atoms with van der Waals surface area (Å²) in [6.45, 7) is 9.66. The van der Waals surface area contributed by atoms with Gasteiger partial charge in [-0.2, -0.15) is 0 Å². The first-order valence-corrected chi connectivity index (χ1v) is 7.66. The van der Waals surface area contributed by atoms with E-state index in [2.05, 4.69) is 54.4 Å². The van der Waals surface area contributed by atoms with Crippen molar-refractivity contribution < 1.29 is 0 Å². The monoisotopic (exact) mass is 258 g/mol. The maximum atomic E-state index is 3.70. The molecule has 1 aliphatic heterocycles. The lowest BCUT2D eigenvalue weighted by molar-refractivity contribution is 0.246. The summed E-state index contributed by atoms with van der Waals surface area (Å²) in [6, 6.07) is 11.4. The van der Waals surface area contributed by atoms with E-state index in [-0.39, 0.29) is 0 Å². The van der Waals surface area contributed by atoms with E-state index in [1.165, 1.54) is 31.5 Å². The number of hydrogen-bond donors (Lipinski definition) is 1. The molecule has 1 heterocycles. The van der Waals surface area contributed by atoms with Crippen LogP contribution < -0.4 is 5.32 Å². The van der Waals surface area contributed by atoms with Crippen molar-refractivity contribution in [3.8, 4) is 0 Å². The van der Waals surface area contributed by atoms with Gasteiger partial charge in [0.15, 0.2) is 0 Å². The molecule has 2 heteroatoms. The molecule has 3 rings (SSSR count). The normalized spacial score (nSPS) is 30.8. The lowest BCUT2D eigenvalue weighted by Gasteiger charge is -2.25. The van der Waals surface area contributed by atoms with E-state index in [0.717, 1.165) is 19.0 Å². The summed E-state index contributed by atoms with van der Waals surface area (Å²) in [5, 5.41) is 3.70. The smallest absolute Gasteiger partial charge is 0.0449 e. The number of hydrogen-bond acceptors (Lipinski definition) is 2. The molecule has 1 saturated heterocycles. The molecule has 2 atom stereocenters.